The molecule has 7 nitrogen and oxygen atoms in total. The Morgan fingerprint density at radius 1 is 0.895 bits per heavy atom. The van der Waals surface area contributed by atoms with E-state index in [4.69, 9.17) is 18.9 Å². The van der Waals surface area contributed by atoms with Crippen LogP contribution < -0.4 is 5.32 Å². The van der Waals surface area contributed by atoms with Crippen molar-refractivity contribution in [3.63, 3.8) is 0 Å². The summed E-state index contributed by atoms with van der Waals surface area (Å²) in [5.74, 6) is -0.345. The molecule has 0 heterocycles. The van der Waals surface area contributed by atoms with Crippen molar-refractivity contribution in [1.82, 2.24) is 5.32 Å². The third-order valence-corrected chi connectivity index (χ3v) is 1.94. The number of rotatable bonds is 11. The molecule has 0 spiro atoms. The smallest absolute Gasteiger partial charge is 0.407 e. The first-order chi connectivity index (χ1) is 9.20. The molecule has 0 unspecified atom stereocenters. The number of amides is 1. The van der Waals surface area contributed by atoms with Crippen molar-refractivity contribution in [2.24, 2.45) is 0 Å². The van der Waals surface area contributed by atoms with Crippen LogP contribution >= 0.6 is 0 Å². The van der Waals surface area contributed by atoms with Gasteiger partial charge in [-0.2, -0.15) is 0 Å². The van der Waals surface area contributed by atoms with Crippen LogP contribution in [0.3, 0.4) is 0 Å². The molecule has 0 fully saturated rings. The third kappa shape index (κ3) is 12.9. The molecule has 1 amide bonds. The Kier molecular flexibility index (Phi) is 12.2. The number of nitrogens with one attached hydrogen (secondary N) is 1. The number of hydrogen-bond acceptors (Lipinski definition) is 6. The van der Waals surface area contributed by atoms with Crippen LogP contribution in [0.15, 0.2) is 0 Å². The molecule has 0 radical (unpaired) electrons. The van der Waals surface area contributed by atoms with Crippen molar-refractivity contribution in [1.29, 1.82) is 0 Å². The van der Waals surface area contributed by atoms with Crippen molar-refractivity contribution in [3.05, 3.63) is 0 Å². The minimum atomic E-state index is -0.572. The van der Waals surface area contributed by atoms with Crippen LogP contribution in [0.5, 0.6) is 0 Å². The fourth-order valence-electron chi connectivity index (χ4n) is 1.11. The summed E-state index contributed by atoms with van der Waals surface area (Å²) in [5.41, 5.74) is 0. The summed E-state index contributed by atoms with van der Waals surface area (Å²) in [7, 11) is 0. The summed E-state index contributed by atoms with van der Waals surface area (Å²) in [6, 6.07) is 0. The molecular weight excluding hydrogens is 254 g/mol. The van der Waals surface area contributed by atoms with E-state index in [0.717, 1.165) is 0 Å². The number of esters is 1. The molecule has 0 atom stereocenters. The Morgan fingerprint density at radius 2 is 1.58 bits per heavy atom. The van der Waals surface area contributed by atoms with Gasteiger partial charge in [-0.25, -0.2) is 4.79 Å². The average molecular weight is 277 g/mol. The van der Waals surface area contributed by atoms with E-state index in [2.05, 4.69) is 5.32 Å². The molecule has 0 rings (SSSR count). The zero-order valence-electron chi connectivity index (χ0n) is 11.6. The summed E-state index contributed by atoms with van der Waals surface area (Å²) >= 11 is 0. The first-order valence-corrected chi connectivity index (χ1v) is 6.42. The maximum Gasteiger partial charge on any atom is 0.407 e. The van der Waals surface area contributed by atoms with Crippen molar-refractivity contribution < 1.29 is 28.5 Å². The van der Waals surface area contributed by atoms with Gasteiger partial charge in [0.05, 0.1) is 32.8 Å². The van der Waals surface area contributed by atoms with Gasteiger partial charge in [0, 0.05) is 13.2 Å². The van der Waals surface area contributed by atoms with E-state index in [1.807, 2.05) is 6.92 Å². The zero-order chi connectivity index (χ0) is 14.3. The summed E-state index contributed by atoms with van der Waals surface area (Å²) in [6.07, 6.45) is -0.439. The molecule has 0 aliphatic rings. The average Bonchev–Trinajstić information content (AvgIpc) is 2.38. The lowest BCUT2D eigenvalue weighted by Gasteiger charge is -2.07. The molecule has 0 bridgehead atoms. The largest absolute Gasteiger partial charge is 0.466 e. The minimum Gasteiger partial charge on any atom is -0.466 e. The van der Waals surface area contributed by atoms with Crippen molar-refractivity contribution in [3.8, 4) is 0 Å². The Morgan fingerprint density at radius 3 is 2.26 bits per heavy atom. The van der Waals surface area contributed by atoms with E-state index in [1.165, 1.54) is 0 Å². The summed E-state index contributed by atoms with van der Waals surface area (Å²) in [5, 5.41) is 2.44. The maximum atomic E-state index is 11.2. The number of carbonyl (C=O) groups is 2. The van der Waals surface area contributed by atoms with E-state index >= 15 is 0 Å². The van der Waals surface area contributed by atoms with E-state index in [1.54, 1.807) is 6.92 Å². The van der Waals surface area contributed by atoms with Crippen LogP contribution in [0, 0.1) is 0 Å². The van der Waals surface area contributed by atoms with Crippen molar-refractivity contribution >= 4 is 12.1 Å². The monoisotopic (exact) mass is 277 g/mol. The molecule has 0 aromatic carbocycles. The highest BCUT2D eigenvalue weighted by molar-refractivity contribution is 5.71. The number of carbonyl (C=O) groups excluding carboxylic acids is 2. The summed E-state index contributed by atoms with van der Waals surface area (Å²) < 4.78 is 19.8. The first kappa shape index (κ1) is 17.7. The molecule has 0 saturated carbocycles. The van der Waals surface area contributed by atoms with Gasteiger partial charge >= 0.3 is 12.1 Å². The van der Waals surface area contributed by atoms with Gasteiger partial charge in [0.15, 0.2) is 0 Å². The molecule has 0 aromatic rings. The molecule has 19 heavy (non-hydrogen) atoms. The Balaban J connectivity index is 3.28. The standard InChI is InChI=1S/C12H23NO6/c1-3-16-7-8-17-9-10-19-12(15)13-6-5-11(14)18-4-2/h3-10H2,1-2H3,(H,13,15). The van der Waals surface area contributed by atoms with Gasteiger partial charge in [-0.1, -0.05) is 0 Å². The fourth-order valence-corrected chi connectivity index (χ4v) is 1.11. The second kappa shape index (κ2) is 13.1. The second-order valence-corrected chi connectivity index (χ2v) is 3.43. The topological polar surface area (TPSA) is 83.1 Å². The van der Waals surface area contributed by atoms with Gasteiger partial charge in [0.1, 0.15) is 6.61 Å². The zero-order valence-corrected chi connectivity index (χ0v) is 11.6. The highest BCUT2D eigenvalue weighted by Crippen LogP contribution is 1.86. The SMILES string of the molecule is CCOCCOCCOC(=O)NCCC(=O)OCC. The highest BCUT2D eigenvalue weighted by atomic mass is 16.6. The lowest BCUT2D eigenvalue weighted by Crippen LogP contribution is -2.28. The second-order valence-electron chi connectivity index (χ2n) is 3.43. The quantitative estimate of drug-likeness (QED) is 0.442. The van der Waals surface area contributed by atoms with E-state index < -0.39 is 6.09 Å². The van der Waals surface area contributed by atoms with Crippen LogP contribution in [-0.4, -0.2) is 58.2 Å². The van der Waals surface area contributed by atoms with Crippen LogP contribution in [0.2, 0.25) is 0 Å². The lowest BCUT2D eigenvalue weighted by atomic mass is 10.4. The summed E-state index contributed by atoms with van der Waals surface area (Å²) in [6.45, 7) is 6.31. The maximum absolute atomic E-state index is 11.2. The molecule has 1 N–H and O–H groups in total. The van der Waals surface area contributed by atoms with Gasteiger partial charge in [-0.05, 0) is 13.8 Å². The van der Waals surface area contributed by atoms with Gasteiger partial charge in [0.2, 0.25) is 0 Å². The van der Waals surface area contributed by atoms with Gasteiger partial charge in [-0.15, -0.1) is 0 Å². The van der Waals surface area contributed by atoms with E-state index in [-0.39, 0.29) is 25.5 Å². The third-order valence-electron chi connectivity index (χ3n) is 1.94. The van der Waals surface area contributed by atoms with Crippen molar-refractivity contribution in [2.45, 2.75) is 20.3 Å². The van der Waals surface area contributed by atoms with Crippen LogP contribution in [0.25, 0.3) is 0 Å². The van der Waals surface area contributed by atoms with Crippen molar-refractivity contribution in [2.75, 3.05) is 46.2 Å². The molecule has 0 aliphatic carbocycles. The molecule has 7 heteroatoms. The summed E-state index contributed by atoms with van der Waals surface area (Å²) in [4.78, 5) is 22.1. The highest BCUT2D eigenvalue weighted by Gasteiger charge is 2.04. The Bertz CT molecular complexity index is 246. The first-order valence-electron chi connectivity index (χ1n) is 6.42. The van der Waals surface area contributed by atoms with Gasteiger partial charge in [-0.3, -0.25) is 4.79 Å². The number of ether oxygens (including phenoxy) is 4. The number of alkyl carbamates (subject to hydrolysis) is 1. The van der Waals surface area contributed by atoms with Gasteiger partial charge in [0.25, 0.3) is 0 Å². The van der Waals surface area contributed by atoms with E-state index in [0.29, 0.717) is 33.0 Å². The Hall–Kier alpha value is -1.34. The molecular formula is C12H23NO6. The fraction of sp³-hybridized carbons (Fsp3) is 0.833. The van der Waals surface area contributed by atoms with Crippen LogP contribution in [0.1, 0.15) is 20.3 Å². The van der Waals surface area contributed by atoms with E-state index in [9.17, 15) is 9.59 Å². The molecule has 0 aromatic heterocycles. The minimum absolute atomic E-state index is 0.133. The van der Waals surface area contributed by atoms with Crippen LogP contribution in [0.4, 0.5) is 4.79 Å². The molecule has 112 valence electrons. The van der Waals surface area contributed by atoms with Gasteiger partial charge < -0.3 is 24.3 Å². The lowest BCUT2D eigenvalue weighted by molar-refractivity contribution is -0.142. The molecule has 0 saturated heterocycles. The normalized spacial score (nSPS) is 10.0. The molecule has 0 aliphatic heterocycles. The Labute approximate surface area is 113 Å². The predicted octanol–water partition coefficient (Wildman–Crippen LogP) is 0.719. The predicted molar refractivity (Wildman–Crippen MR) is 67.9 cm³/mol. The van der Waals surface area contributed by atoms with Crippen LogP contribution in [-0.2, 0) is 23.7 Å². The number of hydrogen-bond donors (Lipinski definition) is 1.